The van der Waals surface area contributed by atoms with Crippen molar-refractivity contribution in [2.45, 2.75) is 6.18 Å². The highest BCUT2D eigenvalue weighted by atomic mass is 19.4. The zero-order valence-corrected chi connectivity index (χ0v) is 8.87. The summed E-state index contributed by atoms with van der Waals surface area (Å²) in [6, 6.07) is 8.31. The van der Waals surface area contributed by atoms with E-state index in [1.54, 1.807) is 30.3 Å². The van der Waals surface area contributed by atoms with Gasteiger partial charge in [-0.1, -0.05) is 24.3 Å². The summed E-state index contributed by atoms with van der Waals surface area (Å²) < 4.78 is 52.2. The predicted octanol–water partition coefficient (Wildman–Crippen LogP) is 3.65. The van der Waals surface area contributed by atoms with E-state index in [-0.39, 0.29) is 5.65 Å². The number of benzene rings is 1. The molecule has 0 saturated carbocycles. The molecule has 0 saturated heterocycles. The monoisotopic (exact) mass is 254 g/mol. The lowest BCUT2D eigenvalue weighted by Crippen LogP contribution is -2.08. The number of aromatic nitrogens is 2. The summed E-state index contributed by atoms with van der Waals surface area (Å²) in [5.41, 5.74) is -1.52. The zero-order valence-electron chi connectivity index (χ0n) is 8.87. The molecule has 3 rings (SSSR count). The molecule has 0 aliphatic carbocycles. The summed E-state index contributed by atoms with van der Waals surface area (Å²) in [6.45, 7) is 0. The molecular weight excluding hydrogens is 248 g/mol. The Morgan fingerprint density at radius 2 is 1.78 bits per heavy atom. The van der Waals surface area contributed by atoms with E-state index in [0.29, 0.717) is 10.8 Å². The summed E-state index contributed by atoms with van der Waals surface area (Å²) in [5.74, 6) is -1.39. The molecule has 0 aliphatic rings. The number of halogens is 4. The summed E-state index contributed by atoms with van der Waals surface area (Å²) in [5, 5.41) is 1.19. The van der Waals surface area contributed by atoms with Gasteiger partial charge >= 0.3 is 6.18 Å². The van der Waals surface area contributed by atoms with Crippen LogP contribution in [0.3, 0.4) is 0 Å². The first-order valence-electron chi connectivity index (χ1n) is 5.11. The minimum absolute atomic E-state index is 0.0297. The third kappa shape index (κ3) is 1.45. The summed E-state index contributed by atoms with van der Waals surface area (Å²) in [7, 11) is 0. The van der Waals surface area contributed by atoms with Crippen LogP contribution in [0.2, 0.25) is 0 Å². The first kappa shape index (κ1) is 11.0. The molecule has 0 atom stereocenters. The number of pyridine rings is 1. The minimum atomic E-state index is -4.79. The van der Waals surface area contributed by atoms with Gasteiger partial charge in [0.1, 0.15) is 5.65 Å². The fourth-order valence-corrected chi connectivity index (χ4v) is 1.92. The van der Waals surface area contributed by atoms with Crippen LogP contribution in [0.1, 0.15) is 5.69 Å². The topological polar surface area (TPSA) is 17.3 Å². The second kappa shape index (κ2) is 3.44. The highest BCUT2D eigenvalue weighted by Gasteiger charge is 2.38. The van der Waals surface area contributed by atoms with E-state index in [4.69, 9.17) is 0 Å². The quantitative estimate of drug-likeness (QED) is 0.560. The highest BCUT2D eigenvalue weighted by molar-refractivity contribution is 5.93. The molecule has 0 N–H and O–H groups in total. The third-order valence-corrected chi connectivity index (χ3v) is 2.73. The number of imidazole rings is 1. The molecule has 2 heterocycles. The molecule has 0 amide bonds. The fraction of sp³-hybridized carbons (Fsp3) is 0.0833. The van der Waals surface area contributed by atoms with Crippen molar-refractivity contribution in [1.29, 1.82) is 0 Å². The Balaban J connectivity index is 2.46. The summed E-state index contributed by atoms with van der Waals surface area (Å²) in [4.78, 5) is 3.37. The van der Waals surface area contributed by atoms with Crippen molar-refractivity contribution in [1.82, 2.24) is 9.38 Å². The Morgan fingerprint density at radius 1 is 1.06 bits per heavy atom. The lowest BCUT2D eigenvalue weighted by molar-refractivity contribution is -0.143. The van der Waals surface area contributed by atoms with Gasteiger partial charge < -0.3 is 0 Å². The van der Waals surface area contributed by atoms with Gasteiger partial charge in [-0.25, -0.2) is 4.98 Å². The summed E-state index contributed by atoms with van der Waals surface area (Å²) in [6.07, 6.45) is -3.55. The van der Waals surface area contributed by atoms with E-state index in [1.807, 2.05) is 0 Å². The average Bonchev–Trinajstić information content (AvgIpc) is 2.67. The molecule has 0 aliphatic heterocycles. The van der Waals surface area contributed by atoms with E-state index >= 15 is 0 Å². The zero-order chi connectivity index (χ0) is 12.9. The molecular formula is C12H6F4N2. The van der Waals surface area contributed by atoms with E-state index in [9.17, 15) is 17.6 Å². The Morgan fingerprint density at radius 3 is 2.50 bits per heavy atom. The fourth-order valence-electron chi connectivity index (χ4n) is 1.92. The number of nitrogens with zero attached hydrogens (tertiary/aromatic N) is 2. The SMILES string of the molecule is Fc1c(C(F)(F)F)nc2c3ccccc3ccn12. The van der Waals surface area contributed by atoms with Crippen molar-refractivity contribution in [3.8, 4) is 0 Å². The van der Waals surface area contributed by atoms with Crippen LogP contribution >= 0.6 is 0 Å². The second-order valence-corrected chi connectivity index (χ2v) is 3.85. The van der Waals surface area contributed by atoms with Crippen LogP contribution in [0.15, 0.2) is 36.5 Å². The molecule has 18 heavy (non-hydrogen) atoms. The van der Waals surface area contributed by atoms with E-state index in [1.165, 1.54) is 6.20 Å². The average molecular weight is 254 g/mol. The third-order valence-electron chi connectivity index (χ3n) is 2.73. The van der Waals surface area contributed by atoms with E-state index in [0.717, 1.165) is 4.40 Å². The van der Waals surface area contributed by atoms with E-state index in [2.05, 4.69) is 4.98 Å². The second-order valence-electron chi connectivity index (χ2n) is 3.85. The predicted molar refractivity (Wildman–Crippen MR) is 57.7 cm³/mol. The van der Waals surface area contributed by atoms with Crippen LogP contribution in [0.4, 0.5) is 17.6 Å². The molecule has 3 aromatic rings. The Labute approximate surface area is 98.5 Å². The van der Waals surface area contributed by atoms with Crippen molar-refractivity contribution >= 4 is 16.4 Å². The van der Waals surface area contributed by atoms with Crippen LogP contribution in [0.25, 0.3) is 16.4 Å². The number of rotatable bonds is 0. The smallest absolute Gasteiger partial charge is 0.275 e. The first-order chi connectivity index (χ1) is 8.48. The number of alkyl halides is 3. The van der Waals surface area contributed by atoms with Crippen molar-refractivity contribution in [2.24, 2.45) is 0 Å². The van der Waals surface area contributed by atoms with Crippen molar-refractivity contribution < 1.29 is 17.6 Å². The van der Waals surface area contributed by atoms with Crippen LogP contribution < -0.4 is 0 Å². The Bertz CT molecular complexity index is 743. The van der Waals surface area contributed by atoms with Crippen LogP contribution in [-0.4, -0.2) is 9.38 Å². The molecule has 0 unspecified atom stereocenters. The molecule has 0 bridgehead atoms. The number of hydrogen-bond donors (Lipinski definition) is 0. The number of hydrogen-bond acceptors (Lipinski definition) is 1. The van der Waals surface area contributed by atoms with Gasteiger partial charge in [0.25, 0.3) is 0 Å². The van der Waals surface area contributed by atoms with Crippen molar-refractivity contribution in [2.75, 3.05) is 0 Å². The van der Waals surface area contributed by atoms with Gasteiger partial charge in [0.2, 0.25) is 11.6 Å². The molecule has 0 radical (unpaired) electrons. The van der Waals surface area contributed by atoms with Crippen LogP contribution in [-0.2, 0) is 6.18 Å². The van der Waals surface area contributed by atoms with Gasteiger partial charge in [0, 0.05) is 11.6 Å². The van der Waals surface area contributed by atoms with Gasteiger partial charge in [-0.15, -0.1) is 0 Å². The lowest BCUT2D eigenvalue weighted by Gasteiger charge is -2.00. The Hall–Kier alpha value is -2.11. The van der Waals surface area contributed by atoms with Gasteiger partial charge in [0.15, 0.2) is 0 Å². The highest BCUT2D eigenvalue weighted by Crippen LogP contribution is 2.32. The lowest BCUT2D eigenvalue weighted by atomic mass is 10.2. The summed E-state index contributed by atoms with van der Waals surface area (Å²) >= 11 is 0. The molecule has 2 aromatic heterocycles. The van der Waals surface area contributed by atoms with Crippen molar-refractivity contribution in [3.63, 3.8) is 0 Å². The molecule has 0 spiro atoms. The largest absolute Gasteiger partial charge is 0.437 e. The normalized spacial score (nSPS) is 12.4. The van der Waals surface area contributed by atoms with Crippen LogP contribution in [0.5, 0.6) is 0 Å². The molecule has 1 aromatic carbocycles. The van der Waals surface area contributed by atoms with Crippen molar-refractivity contribution in [3.05, 3.63) is 48.2 Å². The first-order valence-corrected chi connectivity index (χ1v) is 5.11. The maximum Gasteiger partial charge on any atom is 0.437 e. The standard InChI is InChI=1S/C12H6F4N2/c13-10-9(12(14,15)16)17-11-8-4-2-1-3-7(8)5-6-18(10)11/h1-6H. The van der Waals surface area contributed by atoms with Gasteiger partial charge in [0.05, 0.1) is 0 Å². The van der Waals surface area contributed by atoms with Gasteiger partial charge in [-0.05, 0) is 11.5 Å². The maximum atomic E-state index is 13.6. The minimum Gasteiger partial charge on any atom is -0.275 e. The molecule has 2 nitrogen and oxygen atoms in total. The molecule has 92 valence electrons. The molecule has 0 fully saturated rings. The van der Waals surface area contributed by atoms with Gasteiger partial charge in [-0.3, -0.25) is 4.40 Å². The van der Waals surface area contributed by atoms with Crippen LogP contribution in [0, 0.1) is 5.95 Å². The Kier molecular flexibility index (Phi) is 2.10. The number of fused-ring (bicyclic) bond motifs is 3. The molecule has 6 heteroatoms. The van der Waals surface area contributed by atoms with Gasteiger partial charge in [-0.2, -0.15) is 17.6 Å². The maximum absolute atomic E-state index is 13.6. The van der Waals surface area contributed by atoms with E-state index < -0.39 is 17.8 Å².